The van der Waals surface area contributed by atoms with Crippen LogP contribution in [-0.2, 0) is 10.0 Å². The van der Waals surface area contributed by atoms with Gasteiger partial charge in [0.05, 0.1) is 4.90 Å². The number of benzene rings is 3. The van der Waals surface area contributed by atoms with Crippen LogP contribution in [0, 0.1) is 5.82 Å². The molecule has 1 aliphatic rings. The van der Waals surface area contributed by atoms with Crippen molar-refractivity contribution in [2.45, 2.75) is 23.4 Å². The number of sulfonamides is 1. The first-order valence-electron chi connectivity index (χ1n) is 11.5. The van der Waals surface area contributed by atoms with Crippen molar-refractivity contribution in [1.29, 1.82) is 0 Å². The van der Waals surface area contributed by atoms with Crippen LogP contribution in [0.15, 0.2) is 80.6 Å². The number of nitrogens with one attached hydrogen (secondary N) is 4. The lowest BCUT2D eigenvalue weighted by Crippen LogP contribution is -2.46. The van der Waals surface area contributed by atoms with Crippen molar-refractivity contribution in [2.24, 2.45) is 0 Å². The Labute approximate surface area is 232 Å². The standard InChI is InChI=1S/C25H26Br2FN5O3S/c1-29-33-15-21(32-37(35,36)24-12-18(26)7-10-23(24)27)13-22(33)14-30-25(34)31-20-4-2-3-17(11-20)16-5-8-19(28)9-6-16/h2-12,21-22,29,32H,13-15H2,1H3,(H2,30,31,34)/t21-,22-/m1/s1. The molecule has 37 heavy (non-hydrogen) atoms. The van der Waals surface area contributed by atoms with Gasteiger partial charge in [-0.2, -0.15) is 0 Å². The molecular formula is C25H26Br2FN5O3S. The van der Waals surface area contributed by atoms with Gasteiger partial charge < -0.3 is 10.6 Å². The largest absolute Gasteiger partial charge is 0.336 e. The summed E-state index contributed by atoms with van der Waals surface area (Å²) in [7, 11) is -2.00. The number of carbonyl (C=O) groups is 1. The number of carbonyl (C=O) groups excluding carboxylic acids is 1. The van der Waals surface area contributed by atoms with E-state index in [2.05, 4.69) is 52.6 Å². The minimum atomic E-state index is -3.76. The molecule has 2 atom stereocenters. The first kappa shape index (κ1) is 27.7. The van der Waals surface area contributed by atoms with Gasteiger partial charge >= 0.3 is 6.03 Å². The average molecular weight is 655 g/mol. The molecule has 0 spiro atoms. The molecule has 2 amide bonds. The highest BCUT2D eigenvalue weighted by Crippen LogP contribution is 2.27. The topological polar surface area (TPSA) is 103 Å². The van der Waals surface area contributed by atoms with Gasteiger partial charge in [0.2, 0.25) is 10.0 Å². The number of hydrogen-bond acceptors (Lipinski definition) is 5. The smallest absolute Gasteiger partial charge is 0.319 e. The monoisotopic (exact) mass is 653 g/mol. The van der Waals surface area contributed by atoms with Crippen molar-refractivity contribution in [1.82, 2.24) is 20.5 Å². The van der Waals surface area contributed by atoms with Crippen LogP contribution in [0.25, 0.3) is 11.1 Å². The molecule has 4 N–H and O–H groups in total. The summed E-state index contributed by atoms with van der Waals surface area (Å²) in [4.78, 5) is 12.7. The second-order valence-corrected chi connectivity index (χ2v) is 12.0. The molecule has 0 aromatic heterocycles. The summed E-state index contributed by atoms with van der Waals surface area (Å²) >= 11 is 6.63. The van der Waals surface area contributed by atoms with E-state index in [4.69, 9.17) is 0 Å². The van der Waals surface area contributed by atoms with Crippen molar-refractivity contribution in [3.8, 4) is 11.1 Å². The van der Waals surface area contributed by atoms with E-state index in [1.807, 2.05) is 23.2 Å². The molecule has 0 bridgehead atoms. The first-order chi connectivity index (χ1) is 17.6. The molecule has 1 fully saturated rings. The summed E-state index contributed by atoms with van der Waals surface area (Å²) < 4.78 is 43.1. The number of rotatable bonds is 8. The summed E-state index contributed by atoms with van der Waals surface area (Å²) in [5.74, 6) is -0.309. The Morgan fingerprint density at radius 2 is 1.81 bits per heavy atom. The normalized spacial score (nSPS) is 18.1. The molecule has 0 radical (unpaired) electrons. The third-order valence-corrected chi connectivity index (χ3v) is 9.01. The van der Waals surface area contributed by atoms with Crippen LogP contribution in [0.1, 0.15) is 6.42 Å². The van der Waals surface area contributed by atoms with Gasteiger partial charge in [-0.25, -0.2) is 27.3 Å². The summed E-state index contributed by atoms with van der Waals surface area (Å²) in [6, 6.07) is 17.6. The fourth-order valence-corrected chi connectivity index (χ4v) is 6.98. The van der Waals surface area contributed by atoms with Gasteiger partial charge in [0.15, 0.2) is 0 Å². The molecule has 4 rings (SSSR count). The lowest BCUT2D eigenvalue weighted by molar-refractivity contribution is 0.184. The van der Waals surface area contributed by atoms with Gasteiger partial charge in [0.1, 0.15) is 5.82 Å². The van der Waals surface area contributed by atoms with E-state index in [0.717, 1.165) is 11.1 Å². The van der Waals surface area contributed by atoms with E-state index in [-0.39, 0.29) is 28.8 Å². The maximum absolute atomic E-state index is 13.2. The summed E-state index contributed by atoms with van der Waals surface area (Å²) in [5, 5.41) is 7.58. The highest BCUT2D eigenvalue weighted by atomic mass is 79.9. The lowest BCUT2D eigenvalue weighted by Gasteiger charge is -2.23. The first-order valence-corrected chi connectivity index (χ1v) is 14.5. The van der Waals surface area contributed by atoms with Crippen molar-refractivity contribution in [2.75, 3.05) is 25.5 Å². The third-order valence-electron chi connectivity index (χ3n) is 6.00. The molecular weight excluding hydrogens is 629 g/mol. The van der Waals surface area contributed by atoms with E-state index in [1.54, 1.807) is 43.4 Å². The maximum Gasteiger partial charge on any atom is 0.319 e. The number of nitrogens with zero attached hydrogens (tertiary/aromatic N) is 1. The van der Waals surface area contributed by atoms with Crippen molar-refractivity contribution in [3.63, 3.8) is 0 Å². The summed E-state index contributed by atoms with van der Waals surface area (Å²) in [6.07, 6.45) is 0.506. The molecule has 1 aliphatic heterocycles. The van der Waals surface area contributed by atoms with E-state index >= 15 is 0 Å². The van der Waals surface area contributed by atoms with E-state index in [9.17, 15) is 17.6 Å². The predicted octanol–water partition coefficient (Wildman–Crippen LogP) is 4.70. The van der Waals surface area contributed by atoms with Crippen LogP contribution < -0.4 is 20.8 Å². The number of urea groups is 1. The number of anilines is 1. The second-order valence-electron chi connectivity index (χ2n) is 8.58. The Kier molecular flexibility index (Phi) is 8.98. The molecule has 1 saturated heterocycles. The van der Waals surface area contributed by atoms with Gasteiger partial charge in [-0.15, -0.1) is 0 Å². The number of hydrazine groups is 1. The SMILES string of the molecule is CNN1C[C@H](NS(=O)(=O)c2cc(Br)ccc2Br)C[C@@H]1CNC(=O)Nc1cccc(-c2ccc(F)cc2)c1. The van der Waals surface area contributed by atoms with Gasteiger partial charge in [0, 0.05) is 39.8 Å². The van der Waals surface area contributed by atoms with Gasteiger partial charge in [0.25, 0.3) is 0 Å². The molecule has 1 heterocycles. The van der Waals surface area contributed by atoms with Crippen molar-refractivity contribution >= 4 is 53.6 Å². The Hall–Kier alpha value is -2.35. The molecule has 0 aliphatic carbocycles. The maximum atomic E-state index is 13.2. The summed E-state index contributed by atoms with van der Waals surface area (Å²) in [6.45, 7) is 0.748. The fourth-order valence-electron chi connectivity index (χ4n) is 4.24. The van der Waals surface area contributed by atoms with Gasteiger partial charge in [-0.3, -0.25) is 5.43 Å². The fraction of sp³-hybridized carbons (Fsp3) is 0.240. The molecule has 0 saturated carbocycles. The van der Waals surface area contributed by atoms with Crippen LogP contribution in [-0.4, -0.2) is 51.7 Å². The van der Waals surface area contributed by atoms with E-state index in [0.29, 0.717) is 34.1 Å². The molecule has 3 aromatic carbocycles. The Bertz CT molecular complexity index is 1370. The molecule has 0 unspecified atom stereocenters. The predicted molar refractivity (Wildman–Crippen MR) is 149 cm³/mol. The zero-order chi connectivity index (χ0) is 26.6. The Morgan fingerprint density at radius 3 is 2.54 bits per heavy atom. The molecule has 12 heteroatoms. The minimum absolute atomic E-state index is 0.125. The van der Waals surface area contributed by atoms with Crippen LogP contribution in [0.4, 0.5) is 14.9 Å². The van der Waals surface area contributed by atoms with Crippen LogP contribution in [0.2, 0.25) is 0 Å². The number of halogens is 3. The van der Waals surface area contributed by atoms with Crippen LogP contribution >= 0.6 is 31.9 Å². The van der Waals surface area contributed by atoms with Crippen LogP contribution in [0.3, 0.4) is 0 Å². The zero-order valence-corrected chi connectivity index (χ0v) is 23.8. The van der Waals surface area contributed by atoms with E-state index < -0.39 is 10.0 Å². The molecule has 3 aromatic rings. The Morgan fingerprint density at radius 1 is 1.05 bits per heavy atom. The third kappa shape index (κ3) is 7.15. The average Bonchev–Trinajstić information content (AvgIpc) is 3.25. The zero-order valence-electron chi connectivity index (χ0n) is 19.8. The van der Waals surface area contributed by atoms with Crippen molar-refractivity contribution < 1.29 is 17.6 Å². The minimum Gasteiger partial charge on any atom is -0.336 e. The lowest BCUT2D eigenvalue weighted by atomic mass is 10.1. The highest BCUT2D eigenvalue weighted by Gasteiger charge is 2.34. The summed E-state index contributed by atoms with van der Waals surface area (Å²) in [5.41, 5.74) is 5.36. The molecule has 8 nitrogen and oxygen atoms in total. The number of hydrogen-bond donors (Lipinski definition) is 4. The number of amides is 2. The van der Waals surface area contributed by atoms with Gasteiger partial charge in [-0.1, -0.05) is 40.2 Å². The second kappa shape index (κ2) is 12.0. The molecule has 196 valence electrons. The van der Waals surface area contributed by atoms with Crippen molar-refractivity contribution in [3.05, 3.63) is 81.5 Å². The quantitative estimate of drug-likeness (QED) is 0.282. The van der Waals surface area contributed by atoms with Crippen LogP contribution in [0.5, 0.6) is 0 Å². The Balaban J connectivity index is 1.34. The highest BCUT2D eigenvalue weighted by molar-refractivity contribution is 9.11. The van der Waals surface area contributed by atoms with Gasteiger partial charge in [-0.05, 0) is 83.0 Å². The van der Waals surface area contributed by atoms with E-state index in [1.165, 1.54) is 12.1 Å².